The van der Waals surface area contributed by atoms with Gasteiger partial charge in [-0.25, -0.2) is 0 Å². The summed E-state index contributed by atoms with van der Waals surface area (Å²) in [5.74, 6) is 0.670. The first-order chi connectivity index (χ1) is 8.72. The fraction of sp³-hybridized carbons (Fsp3) is 0.833. The van der Waals surface area contributed by atoms with Crippen LogP contribution in [0, 0.1) is 0 Å². The van der Waals surface area contributed by atoms with Gasteiger partial charge in [0.15, 0.2) is 0 Å². The van der Waals surface area contributed by atoms with Gasteiger partial charge in [-0.2, -0.15) is 0 Å². The molecular formula is C12H20N4O2. The van der Waals surface area contributed by atoms with Gasteiger partial charge in [0.1, 0.15) is 0 Å². The molecule has 2 atom stereocenters. The normalized spacial score (nSPS) is 28.7. The van der Waals surface area contributed by atoms with E-state index in [9.17, 15) is 0 Å². The van der Waals surface area contributed by atoms with E-state index in [1.165, 1.54) is 12.8 Å². The van der Waals surface area contributed by atoms with Crippen LogP contribution < -0.4 is 10.2 Å². The summed E-state index contributed by atoms with van der Waals surface area (Å²) < 4.78 is 11.3. The predicted octanol–water partition coefficient (Wildman–Crippen LogP) is 0.935. The molecule has 18 heavy (non-hydrogen) atoms. The summed E-state index contributed by atoms with van der Waals surface area (Å²) in [5.41, 5.74) is 0. The lowest BCUT2D eigenvalue weighted by atomic mass is 10.2. The summed E-state index contributed by atoms with van der Waals surface area (Å²) in [6.07, 6.45) is 2.74. The molecule has 1 saturated carbocycles. The highest BCUT2D eigenvalue weighted by atomic mass is 16.5. The van der Waals surface area contributed by atoms with Crippen molar-refractivity contribution in [1.82, 2.24) is 15.5 Å². The minimum absolute atomic E-state index is 0.209. The first-order valence-corrected chi connectivity index (χ1v) is 6.66. The summed E-state index contributed by atoms with van der Waals surface area (Å²) in [6.45, 7) is 6.35. The number of rotatable bonds is 4. The van der Waals surface area contributed by atoms with Crippen LogP contribution in [0.4, 0.5) is 6.01 Å². The summed E-state index contributed by atoms with van der Waals surface area (Å²) in [4.78, 5) is 2.13. The lowest BCUT2D eigenvalue weighted by Crippen LogP contribution is -2.47. The largest absolute Gasteiger partial charge is 0.407 e. The van der Waals surface area contributed by atoms with Crippen LogP contribution in [0.1, 0.15) is 32.6 Å². The average Bonchev–Trinajstić information content (AvgIpc) is 3.08. The van der Waals surface area contributed by atoms with Crippen molar-refractivity contribution < 1.29 is 9.15 Å². The van der Waals surface area contributed by atoms with Crippen molar-refractivity contribution in [3.8, 4) is 0 Å². The lowest BCUT2D eigenvalue weighted by molar-refractivity contribution is 0.0321. The van der Waals surface area contributed by atoms with Crippen molar-refractivity contribution >= 4 is 6.01 Å². The molecule has 0 aromatic carbocycles. The van der Waals surface area contributed by atoms with Crippen molar-refractivity contribution in [2.45, 2.75) is 51.4 Å². The molecule has 0 bridgehead atoms. The van der Waals surface area contributed by atoms with Gasteiger partial charge in [0, 0.05) is 12.6 Å². The molecule has 0 spiro atoms. The van der Waals surface area contributed by atoms with Crippen LogP contribution in [0.5, 0.6) is 0 Å². The fourth-order valence-electron chi connectivity index (χ4n) is 2.12. The Morgan fingerprint density at radius 1 is 1.33 bits per heavy atom. The Morgan fingerprint density at radius 2 is 2.17 bits per heavy atom. The molecule has 1 aliphatic heterocycles. The number of hydrogen-bond donors (Lipinski definition) is 1. The maximum Gasteiger partial charge on any atom is 0.318 e. The van der Waals surface area contributed by atoms with Gasteiger partial charge in [-0.15, -0.1) is 5.10 Å². The van der Waals surface area contributed by atoms with Gasteiger partial charge in [-0.05, 0) is 26.7 Å². The van der Waals surface area contributed by atoms with E-state index in [0.29, 0.717) is 31.1 Å². The van der Waals surface area contributed by atoms with Crippen LogP contribution >= 0.6 is 0 Å². The van der Waals surface area contributed by atoms with Crippen LogP contribution in [0.2, 0.25) is 0 Å². The molecule has 2 aliphatic rings. The maximum absolute atomic E-state index is 5.71. The minimum Gasteiger partial charge on any atom is -0.407 e. The van der Waals surface area contributed by atoms with E-state index in [2.05, 4.69) is 34.3 Å². The van der Waals surface area contributed by atoms with Crippen LogP contribution in [0.15, 0.2) is 4.42 Å². The molecule has 0 radical (unpaired) electrons. The van der Waals surface area contributed by atoms with E-state index in [0.717, 1.165) is 6.54 Å². The van der Waals surface area contributed by atoms with Crippen LogP contribution in [0.25, 0.3) is 0 Å². The van der Waals surface area contributed by atoms with E-state index < -0.39 is 0 Å². The number of nitrogens with zero attached hydrogens (tertiary/aromatic N) is 3. The topological polar surface area (TPSA) is 63.4 Å². The molecule has 3 rings (SSSR count). The molecule has 1 aliphatic carbocycles. The molecule has 1 aromatic heterocycles. The number of hydrogen-bond acceptors (Lipinski definition) is 6. The van der Waals surface area contributed by atoms with Crippen molar-refractivity contribution in [3.05, 3.63) is 5.89 Å². The maximum atomic E-state index is 5.71. The summed E-state index contributed by atoms with van der Waals surface area (Å²) in [5, 5.41) is 11.6. The smallest absolute Gasteiger partial charge is 0.318 e. The second-order valence-corrected chi connectivity index (χ2v) is 5.28. The molecule has 2 unspecified atom stereocenters. The molecule has 1 aromatic rings. The van der Waals surface area contributed by atoms with Crippen molar-refractivity contribution in [3.63, 3.8) is 0 Å². The number of morpholine rings is 1. The Hall–Kier alpha value is -1.14. The second-order valence-electron chi connectivity index (χ2n) is 5.28. The molecule has 6 nitrogen and oxygen atoms in total. The molecule has 1 N–H and O–H groups in total. The first kappa shape index (κ1) is 11.9. The minimum atomic E-state index is 0.209. The van der Waals surface area contributed by atoms with Crippen LogP contribution in [0.3, 0.4) is 0 Å². The Kier molecular flexibility index (Phi) is 3.22. The zero-order valence-electron chi connectivity index (χ0n) is 10.9. The van der Waals surface area contributed by atoms with E-state index in [4.69, 9.17) is 9.15 Å². The Morgan fingerprint density at radius 3 is 2.94 bits per heavy atom. The van der Waals surface area contributed by atoms with Gasteiger partial charge in [0.05, 0.1) is 25.3 Å². The summed E-state index contributed by atoms with van der Waals surface area (Å²) >= 11 is 0. The summed E-state index contributed by atoms with van der Waals surface area (Å²) in [7, 11) is 0. The first-order valence-electron chi connectivity index (χ1n) is 6.66. The molecule has 2 fully saturated rings. The molecule has 100 valence electrons. The number of ether oxygens (including phenoxy) is 1. The highest BCUT2D eigenvalue weighted by Crippen LogP contribution is 2.22. The van der Waals surface area contributed by atoms with E-state index in [1.54, 1.807) is 0 Å². The zero-order valence-corrected chi connectivity index (χ0v) is 10.9. The Bertz CT molecular complexity index is 405. The highest BCUT2D eigenvalue weighted by molar-refractivity contribution is 5.27. The van der Waals surface area contributed by atoms with Gasteiger partial charge in [0.25, 0.3) is 0 Å². The molecule has 1 saturated heterocycles. The van der Waals surface area contributed by atoms with Crippen molar-refractivity contribution in [2.24, 2.45) is 0 Å². The third kappa shape index (κ3) is 2.64. The SMILES string of the molecule is CC1CN(c2nnc(CNC3CC3)o2)C(C)CO1. The lowest BCUT2D eigenvalue weighted by Gasteiger charge is -2.35. The molecule has 6 heteroatoms. The standard InChI is InChI=1S/C12H20N4O2/c1-8-7-17-9(2)6-16(8)12-15-14-11(18-12)5-13-10-3-4-10/h8-10,13H,3-7H2,1-2H3. The van der Waals surface area contributed by atoms with E-state index in [1.807, 2.05) is 0 Å². The third-order valence-electron chi connectivity index (χ3n) is 3.43. The molecular weight excluding hydrogens is 232 g/mol. The van der Waals surface area contributed by atoms with Gasteiger partial charge in [0.2, 0.25) is 5.89 Å². The van der Waals surface area contributed by atoms with Gasteiger partial charge in [-0.3, -0.25) is 0 Å². The van der Waals surface area contributed by atoms with Gasteiger partial charge >= 0.3 is 6.01 Å². The number of anilines is 1. The molecule has 2 heterocycles. The van der Waals surface area contributed by atoms with Gasteiger partial charge in [-0.1, -0.05) is 5.10 Å². The fourth-order valence-corrected chi connectivity index (χ4v) is 2.12. The van der Waals surface area contributed by atoms with Crippen molar-refractivity contribution in [1.29, 1.82) is 0 Å². The van der Waals surface area contributed by atoms with Gasteiger partial charge < -0.3 is 19.4 Å². The van der Waals surface area contributed by atoms with Crippen LogP contribution in [-0.2, 0) is 11.3 Å². The van der Waals surface area contributed by atoms with E-state index in [-0.39, 0.29) is 12.1 Å². The highest BCUT2D eigenvalue weighted by Gasteiger charge is 2.28. The summed E-state index contributed by atoms with van der Waals surface area (Å²) in [6, 6.07) is 1.55. The predicted molar refractivity (Wildman–Crippen MR) is 66.4 cm³/mol. The number of nitrogens with one attached hydrogen (secondary N) is 1. The molecule has 0 amide bonds. The zero-order chi connectivity index (χ0) is 12.5. The van der Waals surface area contributed by atoms with Crippen molar-refractivity contribution in [2.75, 3.05) is 18.1 Å². The Balaban J connectivity index is 1.63. The van der Waals surface area contributed by atoms with E-state index >= 15 is 0 Å². The average molecular weight is 252 g/mol. The monoisotopic (exact) mass is 252 g/mol. The third-order valence-corrected chi connectivity index (χ3v) is 3.43. The quantitative estimate of drug-likeness (QED) is 0.860. The van der Waals surface area contributed by atoms with Crippen LogP contribution in [-0.4, -0.2) is 41.5 Å². The second kappa shape index (κ2) is 4.85. The number of aromatic nitrogens is 2. The Labute approximate surface area is 107 Å².